The molecule has 0 aliphatic rings. The Labute approximate surface area is 125 Å². The lowest BCUT2D eigenvalue weighted by atomic mass is 10.2. The van der Waals surface area contributed by atoms with Gasteiger partial charge in [-0.15, -0.1) is 0 Å². The predicted molar refractivity (Wildman–Crippen MR) is 72.4 cm³/mol. The van der Waals surface area contributed by atoms with Gasteiger partial charge in [-0.2, -0.15) is 13.2 Å². The lowest BCUT2D eigenvalue weighted by Gasteiger charge is -2.06. The lowest BCUT2D eigenvalue weighted by Crippen LogP contribution is -2.04. The van der Waals surface area contributed by atoms with Gasteiger partial charge in [0.2, 0.25) is 11.6 Å². The summed E-state index contributed by atoms with van der Waals surface area (Å²) in [5.74, 6) is 0.0504. The number of fused-ring (bicyclic) bond motifs is 1. The SMILES string of the molecule is C[S+]([O-])c1cnccc1-c1nc2cc(C(F)(F)F)cnc2o1. The highest BCUT2D eigenvalue weighted by atomic mass is 32.2. The molecule has 0 bridgehead atoms. The van der Waals surface area contributed by atoms with Crippen molar-refractivity contribution in [2.45, 2.75) is 11.1 Å². The highest BCUT2D eigenvalue weighted by Crippen LogP contribution is 2.32. The number of hydrogen-bond acceptors (Lipinski definition) is 5. The smallest absolute Gasteiger partial charge is 0.417 e. The van der Waals surface area contributed by atoms with E-state index in [9.17, 15) is 17.7 Å². The molecule has 5 nitrogen and oxygen atoms in total. The molecule has 3 heterocycles. The third-order valence-corrected chi connectivity index (χ3v) is 3.84. The van der Waals surface area contributed by atoms with Crippen LogP contribution >= 0.6 is 0 Å². The average molecular weight is 327 g/mol. The van der Waals surface area contributed by atoms with Crippen LogP contribution in [0.4, 0.5) is 13.2 Å². The number of alkyl halides is 3. The summed E-state index contributed by atoms with van der Waals surface area (Å²) in [5, 5.41) is 0. The summed E-state index contributed by atoms with van der Waals surface area (Å²) in [5.41, 5.74) is -0.543. The molecule has 22 heavy (non-hydrogen) atoms. The van der Waals surface area contributed by atoms with E-state index in [-0.39, 0.29) is 17.1 Å². The van der Waals surface area contributed by atoms with Gasteiger partial charge in [0.1, 0.15) is 11.8 Å². The molecule has 3 aromatic heterocycles. The highest BCUT2D eigenvalue weighted by molar-refractivity contribution is 7.90. The Bertz CT molecular complexity index is 833. The predicted octanol–water partition coefficient (Wildman–Crippen LogP) is 3.04. The number of nitrogens with zero attached hydrogens (tertiary/aromatic N) is 3. The molecule has 3 aromatic rings. The van der Waals surface area contributed by atoms with Crippen LogP contribution in [0.1, 0.15) is 5.56 Å². The zero-order chi connectivity index (χ0) is 15.9. The summed E-state index contributed by atoms with van der Waals surface area (Å²) in [7, 11) is 0. The van der Waals surface area contributed by atoms with Crippen molar-refractivity contribution in [3.05, 3.63) is 36.3 Å². The second-order valence-electron chi connectivity index (χ2n) is 4.39. The van der Waals surface area contributed by atoms with E-state index in [0.29, 0.717) is 16.7 Å². The molecule has 0 fully saturated rings. The van der Waals surface area contributed by atoms with Crippen LogP contribution < -0.4 is 0 Å². The van der Waals surface area contributed by atoms with Gasteiger partial charge in [-0.3, -0.25) is 4.98 Å². The molecule has 1 atom stereocenters. The fourth-order valence-electron chi connectivity index (χ4n) is 1.88. The van der Waals surface area contributed by atoms with Gasteiger partial charge < -0.3 is 8.97 Å². The zero-order valence-electron chi connectivity index (χ0n) is 11.1. The number of oxazole rings is 1. The molecule has 0 radical (unpaired) electrons. The van der Waals surface area contributed by atoms with E-state index in [1.165, 1.54) is 24.7 Å². The van der Waals surface area contributed by atoms with E-state index < -0.39 is 22.9 Å². The van der Waals surface area contributed by atoms with Crippen molar-refractivity contribution in [2.75, 3.05) is 6.26 Å². The number of rotatable bonds is 2. The first kappa shape index (κ1) is 14.8. The van der Waals surface area contributed by atoms with Gasteiger partial charge in [0.05, 0.1) is 17.3 Å². The molecule has 1 unspecified atom stereocenters. The average Bonchev–Trinajstić information content (AvgIpc) is 2.89. The molecule has 0 saturated heterocycles. The number of pyridine rings is 2. The third-order valence-electron chi connectivity index (χ3n) is 2.90. The minimum Gasteiger partial charge on any atom is -0.612 e. The molecule has 0 N–H and O–H groups in total. The maximum atomic E-state index is 12.7. The minimum atomic E-state index is -4.51. The van der Waals surface area contributed by atoms with E-state index in [1.807, 2.05) is 0 Å². The van der Waals surface area contributed by atoms with Gasteiger partial charge in [-0.25, -0.2) is 9.97 Å². The third kappa shape index (κ3) is 2.64. The molecule has 0 aromatic carbocycles. The van der Waals surface area contributed by atoms with E-state index in [2.05, 4.69) is 15.0 Å². The number of aromatic nitrogens is 3. The molecular weight excluding hydrogens is 319 g/mol. The van der Waals surface area contributed by atoms with Crippen molar-refractivity contribution in [2.24, 2.45) is 0 Å². The Kier molecular flexibility index (Phi) is 3.53. The Hall–Kier alpha value is -2.13. The van der Waals surface area contributed by atoms with Gasteiger partial charge >= 0.3 is 6.18 Å². The second kappa shape index (κ2) is 5.25. The van der Waals surface area contributed by atoms with Crippen molar-refractivity contribution in [1.29, 1.82) is 0 Å². The molecule has 0 spiro atoms. The standard InChI is InChI=1S/C13H8F3N3O2S/c1-22(20)10-6-17-3-2-8(10)11-19-9-4-7(13(14,15)16)5-18-12(9)21-11/h2-6H,1H3. The fourth-order valence-corrected chi connectivity index (χ4v) is 2.55. The monoisotopic (exact) mass is 327 g/mol. The highest BCUT2D eigenvalue weighted by Gasteiger charge is 2.32. The topological polar surface area (TPSA) is 74.9 Å². The Balaban J connectivity index is 2.14. The summed E-state index contributed by atoms with van der Waals surface area (Å²) in [6.07, 6.45) is 0.489. The number of halogens is 3. The largest absolute Gasteiger partial charge is 0.612 e. The quantitative estimate of drug-likeness (QED) is 0.676. The van der Waals surface area contributed by atoms with Crippen LogP contribution in [0.15, 0.2) is 40.0 Å². The van der Waals surface area contributed by atoms with Crippen LogP contribution in [0.25, 0.3) is 22.7 Å². The van der Waals surface area contributed by atoms with Crippen molar-refractivity contribution in [3.8, 4) is 11.5 Å². The first-order valence-electron chi connectivity index (χ1n) is 5.98. The van der Waals surface area contributed by atoms with E-state index in [4.69, 9.17) is 4.42 Å². The van der Waals surface area contributed by atoms with Crippen molar-refractivity contribution >= 4 is 22.4 Å². The van der Waals surface area contributed by atoms with Crippen molar-refractivity contribution in [1.82, 2.24) is 15.0 Å². The molecular formula is C13H8F3N3O2S. The maximum absolute atomic E-state index is 12.7. The van der Waals surface area contributed by atoms with Gasteiger partial charge in [0, 0.05) is 12.4 Å². The van der Waals surface area contributed by atoms with Crippen LogP contribution in [-0.2, 0) is 17.4 Å². The van der Waals surface area contributed by atoms with E-state index in [1.54, 1.807) is 0 Å². The summed E-state index contributed by atoms with van der Waals surface area (Å²) >= 11 is -1.34. The Morgan fingerprint density at radius 2 is 2.05 bits per heavy atom. The molecule has 114 valence electrons. The summed E-state index contributed by atoms with van der Waals surface area (Å²) < 4.78 is 55.0. The maximum Gasteiger partial charge on any atom is 0.417 e. The van der Waals surface area contributed by atoms with Gasteiger partial charge in [-0.05, 0) is 23.3 Å². The lowest BCUT2D eigenvalue weighted by molar-refractivity contribution is -0.137. The van der Waals surface area contributed by atoms with E-state index in [0.717, 1.165) is 6.07 Å². The van der Waals surface area contributed by atoms with E-state index >= 15 is 0 Å². The Morgan fingerprint density at radius 1 is 1.27 bits per heavy atom. The van der Waals surface area contributed by atoms with Gasteiger partial charge in [-0.1, -0.05) is 0 Å². The second-order valence-corrected chi connectivity index (χ2v) is 5.74. The molecule has 3 rings (SSSR count). The first-order valence-corrected chi connectivity index (χ1v) is 7.53. The molecule has 0 aliphatic heterocycles. The fraction of sp³-hybridized carbons (Fsp3) is 0.154. The van der Waals surface area contributed by atoms with Gasteiger partial charge in [0.15, 0.2) is 4.90 Å². The van der Waals surface area contributed by atoms with Crippen molar-refractivity contribution in [3.63, 3.8) is 0 Å². The molecule has 9 heteroatoms. The van der Waals surface area contributed by atoms with Crippen LogP contribution in [0, 0.1) is 0 Å². The first-order chi connectivity index (χ1) is 10.4. The van der Waals surface area contributed by atoms with Crippen LogP contribution in [0.2, 0.25) is 0 Å². The van der Waals surface area contributed by atoms with Crippen molar-refractivity contribution < 1.29 is 22.1 Å². The van der Waals surface area contributed by atoms with Crippen LogP contribution in [0.5, 0.6) is 0 Å². The van der Waals surface area contributed by atoms with Gasteiger partial charge in [0.25, 0.3) is 0 Å². The Morgan fingerprint density at radius 3 is 2.73 bits per heavy atom. The molecule has 0 saturated carbocycles. The van der Waals surface area contributed by atoms with Crippen LogP contribution in [-0.4, -0.2) is 25.8 Å². The summed E-state index contributed by atoms with van der Waals surface area (Å²) in [4.78, 5) is 11.9. The zero-order valence-corrected chi connectivity index (χ0v) is 11.9. The summed E-state index contributed by atoms with van der Waals surface area (Å²) in [6, 6.07) is 2.39. The summed E-state index contributed by atoms with van der Waals surface area (Å²) in [6.45, 7) is 0. The normalized spacial score (nSPS) is 13.5. The minimum absolute atomic E-state index is 0.0190. The van der Waals surface area contributed by atoms with Crippen LogP contribution in [0.3, 0.4) is 0 Å². The number of hydrogen-bond donors (Lipinski definition) is 0. The molecule has 0 aliphatic carbocycles. The molecule has 0 amide bonds.